The average molecular weight is 411 g/mol. The standard InChI is InChI=1S/C19H18Cl2FN3O2/c20-13-5-6-14(16(22)11-13)19(27)25-9-7-24(8-10-25)12-18(26)23-17-4-2-1-3-15(17)21/h1-6,11H,7-10,12H2,(H,23,26)/p+1. The molecule has 0 unspecified atom stereocenters. The van der Waals surface area contributed by atoms with Crippen LogP contribution in [0, 0.1) is 5.82 Å². The zero-order chi connectivity index (χ0) is 19.4. The number of anilines is 1. The number of quaternary nitrogens is 1. The van der Waals surface area contributed by atoms with E-state index in [1.54, 1.807) is 29.2 Å². The van der Waals surface area contributed by atoms with Crippen molar-refractivity contribution in [2.45, 2.75) is 0 Å². The highest BCUT2D eigenvalue weighted by Crippen LogP contribution is 2.20. The third-order valence-corrected chi connectivity index (χ3v) is 5.04. The summed E-state index contributed by atoms with van der Waals surface area (Å²) in [5, 5.41) is 3.54. The maximum atomic E-state index is 13.9. The van der Waals surface area contributed by atoms with Crippen molar-refractivity contribution >= 4 is 40.7 Å². The van der Waals surface area contributed by atoms with Crippen LogP contribution in [0.25, 0.3) is 0 Å². The van der Waals surface area contributed by atoms with E-state index in [0.29, 0.717) is 36.9 Å². The van der Waals surface area contributed by atoms with E-state index < -0.39 is 5.82 Å². The highest BCUT2D eigenvalue weighted by Gasteiger charge is 2.27. The van der Waals surface area contributed by atoms with Gasteiger partial charge in [-0.3, -0.25) is 9.59 Å². The maximum Gasteiger partial charge on any atom is 0.279 e. The number of nitrogens with zero attached hydrogens (tertiary/aromatic N) is 1. The van der Waals surface area contributed by atoms with Crippen LogP contribution in [0.5, 0.6) is 0 Å². The molecule has 2 N–H and O–H groups in total. The molecular weight excluding hydrogens is 392 g/mol. The van der Waals surface area contributed by atoms with E-state index >= 15 is 0 Å². The first-order valence-electron chi connectivity index (χ1n) is 8.56. The second-order valence-electron chi connectivity index (χ2n) is 6.37. The van der Waals surface area contributed by atoms with Gasteiger partial charge in [0, 0.05) is 5.02 Å². The van der Waals surface area contributed by atoms with Crippen LogP contribution in [0.4, 0.5) is 10.1 Å². The summed E-state index contributed by atoms with van der Waals surface area (Å²) in [4.78, 5) is 27.3. The van der Waals surface area contributed by atoms with Crippen LogP contribution >= 0.6 is 23.2 Å². The number of piperazine rings is 1. The van der Waals surface area contributed by atoms with Crippen molar-refractivity contribution in [3.05, 3.63) is 63.9 Å². The summed E-state index contributed by atoms with van der Waals surface area (Å²) in [7, 11) is 0. The lowest BCUT2D eigenvalue weighted by atomic mass is 10.1. The molecule has 1 aliphatic rings. The first-order chi connectivity index (χ1) is 12.9. The molecule has 0 bridgehead atoms. The average Bonchev–Trinajstić information content (AvgIpc) is 2.64. The highest BCUT2D eigenvalue weighted by molar-refractivity contribution is 6.33. The Morgan fingerprint density at radius 1 is 1.11 bits per heavy atom. The van der Waals surface area contributed by atoms with Gasteiger partial charge in [0.25, 0.3) is 11.8 Å². The number of rotatable bonds is 4. The van der Waals surface area contributed by atoms with Crippen LogP contribution in [0.1, 0.15) is 10.4 Å². The molecule has 3 rings (SSSR count). The number of hydrogen-bond acceptors (Lipinski definition) is 2. The molecule has 0 radical (unpaired) electrons. The van der Waals surface area contributed by atoms with Gasteiger partial charge in [-0.15, -0.1) is 0 Å². The fourth-order valence-electron chi connectivity index (χ4n) is 3.02. The molecule has 0 saturated carbocycles. The molecule has 0 spiro atoms. The molecule has 2 aromatic rings. The molecule has 142 valence electrons. The van der Waals surface area contributed by atoms with Gasteiger partial charge in [-0.1, -0.05) is 35.3 Å². The minimum absolute atomic E-state index is 0.0133. The molecule has 27 heavy (non-hydrogen) atoms. The smallest absolute Gasteiger partial charge is 0.279 e. The second-order valence-corrected chi connectivity index (χ2v) is 7.21. The number of carbonyl (C=O) groups excluding carboxylic acids is 2. The largest absolute Gasteiger partial charge is 0.327 e. The lowest BCUT2D eigenvalue weighted by Gasteiger charge is -2.32. The van der Waals surface area contributed by atoms with Gasteiger partial charge >= 0.3 is 0 Å². The number of halogens is 3. The first-order valence-corrected chi connectivity index (χ1v) is 9.32. The van der Waals surface area contributed by atoms with Crippen molar-refractivity contribution in [3.63, 3.8) is 0 Å². The lowest BCUT2D eigenvalue weighted by molar-refractivity contribution is -0.895. The maximum absolute atomic E-state index is 13.9. The second kappa shape index (κ2) is 8.69. The Kier molecular flexibility index (Phi) is 6.31. The fourth-order valence-corrected chi connectivity index (χ4v) is 3.36. The van der Waals surface area contributed by atoms with Crippen molar-refractivity contribution in [2.75, 3.05) is 38.0 Å². The summed E-state index contributed by atoms with van der Waals surface area (Å²) in [6.45, 7) is 2.40. The van der Waals surface area contributed by atoms with Gasteiger partial charge in [-0.2, -0.15) is 0 Å². The van der Waals surface area contributed by atoms with Crippen LogP contribution in [0.2, 0.25) is 10.0 Å². The third-order valence-electron chi connectivity index (χ3n) is 4.48. The Hall–Kier alpha value is -2.15. The van der Waals surface area contributed by atoms with E-state index in [0.717, 1.165) is 11.0 Å². The number of carbonyl (C=O) groups is 2. The van der Waals surface area contributed by atoms with Crippen LogP contribution in [-0.4, -0.2) is 49.4 Å². The Balaban J connectivity index is 1.52. The van der Waals surface area contributed by atoms with Gasteiger partial charge in [0.15, 0.2) is 6.54 Å². The van der Waals surface area contributed by atoms with Gasteiger partial charge in [-0.05, 0) is 30.3 Å². The molecule has 1 heterocycles. The number of benzene rings is 2. The van der Waals surface area contributed by atoms with E-state index in [1.807, 2.05) is 0 Å². The van der Waals surface area contributed by atoms with Crippen molar-refractivity contribution in [3.8, 4) is 0 Å². The predicted octanol–water partition coefficient (Wildman–Crippen LogP) is 2.11. The fraction of sp³-hybridized carbons (Fsp3) is 0.263. The Bertz CT molecular complexity index is 855. The quantitative estimate of drug-likeness (QED) is 0.810. The molecule has 1 saturated heterocycles. The van der Waals surface area contributed by atoms with E-state index in [2.05, 4.69) is 5.32 Å². The Labute approximate surface area is 166 Å². The molecule has 2 aromatic carbocycles. The zero-order valence-corrected chi connectivity index (χ0v) is 16.0. The molecule has 0 aliphatic carbocycles. The summed E-state index contributed by atoms with van der Waals surface area (Å²) < 4.78 is 13.9. The Morgan fingerprint density at radius 3 is 2.48 bits per heavy atom. The van der Waals surface area contributed by atoms with Gasteiger partial charge < -0.3 is 15.1 Å². The third kappa shape index (κ3) is 4.97. The van der Waals surface area contributed by atoms with E-state index in [-0.39, 0.29) is 28.9 Å². The monoisotopic (exact) mass is 410 g/mol. The van der Waals surface area contributed by atoms with Gasteiger partial charge in [0.05, 0.1) is 42.5 Å². The summed E-state index contributed by atoms with van der Waals surface area (Å²) in [5.74, 6) is -1.12. The number of para-hydroxylation sites is 1. The summed E-state index contributed by atoms with van der Waals surface area (Å²) in [5.41, 5.74) is 0.593. The molecule has 8 heteroatoms. The molecule has 1 aliphatic heterocycles. The van der Waals surface area contributed by atoms with Crippen LogP contribution in [0.15, 0.2) is 42.5 Å². The minimum atomic E-state index is -0.624. The molecule has 0 aromatic heterocycles. The molecule has 2 amide bonds. The van der Waals surface area contributed by atoms with Crippen molar-refractivity contribution in [1.29, 1.82) is 0 Å². The van der Waals surface area contributed by atoms with E-state index in [4.69, 9.17) is 23.2 Å². The minimum Gasteiger partial charge on any atom is -0.327 e. The normalized spacial score (nSPS) is 14.9. The van der Waals surface area contributed by atoms with Crippen LogP contribution in [-0.2, 0) is 4.79 Å². The number of amides is 2. The van der Waals surface area contributed by atoms with E-state index in [9.17, 15) is 14.0 Å². The number of nitrogens with one attached hydrogen (secondary N) is 2. The molecule has 5 nitrogen and oxygen atoms in total. The van der Waals surface area contributed by atoms with Gasteiger partial charge in [0.1, 0.15) is 5.82 Å². The molecular formula is C19H19Cl2FN3O2+. The first kappa shape index (κ1) is 19.6. The topological polar surface area (TPSA) is 53.9 Å². The van der Waals surface area contributed by atoms with E-state index in [1.165, 1.54) is 12.1 Å². The van der Waals surface area contributed by atoms with Crippen molar-refractivity contribution < 1.29 is 18.9 Å². The zero-order valence-electron chi connectivity index (χ0n) is 14.5. The molecule has 0 atom stereocenters. The number of hydrogen-bond donors (Lipinski definition) is 2. The lowest BCUT2D eigenvalue weighted by Crippen LogP contribution is -3.15. The van der Waals surface area contributed by atoms with Crippen molar-refractivity contribution in [1.82, 2.24) is 4.90 Å². The Morgan fingerprint density at radius 2 is 1.81 bits per heavy atom. The molecule has 1 fully saturated rings. The highest BCUT2D eigenvalue weighted by atomic mass is 35.5. The van der Waals surface area contributed by atoms with Crippen molar-refractivity contribution in [2.24, 2.45) is 0 Å². The van der Waals surface area contributed by atoms with Gasteiger partial charge in [0.2, 0.25) is 0 Å². The summed E-state index contributed by atoms with van der Waals surface area (Å²) in [6.07, 6.45) is 0. The predicted molar refractivity (Wildman–Crippen MR) is 103 cm³/mol. The van der Waals surface area contributed by atoms with Crippen LogP contribution < -0.4 is 10.2 Å². The van der Waals surface area contributed by atoms with Crippen LogP contribution in [0.3, 0.4) is 0 Å². The SMILES string of the molecule is O=C(C[NH+]1CCN(C(=O)c2ccc(Cl)cc2F)CC1)Nc1ccccc1Cl. The summed E-state index contributed by atoms with van der Waals surface area (Å²) >= 11 is 11.8. The summed E-state index contributed by atoms with van der Waals surface area (Å²) in [6, 6.07) is 11.1. The van der Waals surface area contributed by atoms with Gasteiger partial charge in [-0.25, -0.2) is 4.39 Å².